The molecule has 2 aliphatic rings. The van der Waals surface area contributed by atoms with Gasteiger partial charge in [-0.05, 0) is 49.9 Å². The van der Waals surface area contributed by atoms with Crippen LogP contribution in [0.2, 0.25) is 0 Å². The van der Waals surface area contributed by atoms with Crippen molar-refractivity contribution in [3.05, 3.63) is 54.4 Å². The zero-order valence-electron chi connectivity index (χ0n) is 16.5. The summed E-state index contributed by atoms with van der Waals surface area (Å²) >= 11 is 0. The van der Waals surface area contributed by atoms with Crippen molar-refractivity contribution >= 4 is 33.7 Å². The largest absolute Gasteiger partial charge is 0.337 e. The van der Waals surface area contributed by atoms with Crippen molar-refractivity contribution in [2.45, 2.75) is 49.7 Å². The van der Waals surface area contributed by atoms with Crippen LogP contribution in [0, 0.1) is 0 Å². The molecule has 0 saturated heterocycles. The van der Waals surface area contributed by atoms with E-state index in [2.05, 4.69) is 4.57 Å². The monoisotopic (exact) mass is 426 g/mol. The fourth-order valence-electron chi connectivity index (χ4n) is 3.98. The zero-order valence-corrected chi connectivity index (χ0v) is 17.4. The van der Waals surface area contributed by atoms with E-state index in [1.807, 2.05) is 48.5 Å². The molecule has 2 aromatic carbocycles. The molecule has 1 atom stereocenters. The van der Waals surface area contributed by atoms with E-state index in [4.69, 9.17) is 4.98 Å². The molecule has 30 heavy (non-hydrogen) atoms. The smallest absolute Gasteiger partial charge is 0.326 e. The van der Waals surface area contributed by atoms with Crippen molar-refractivity contribution in [2.24, 2.45) is 0 Å². The molecule has 2 amide bonds. The topological polar surface area (TPSA) is 58.4 Å². The normalized spacial score (nSPS) is 18.8. The van der Waals surface area contributed by atoms with Gasteiger partial charge < -0.3 is 4.57 Å². The van der Waals surface area contributed by atoms with Crippen LogP contribution in [-0.4, -0.2) is 36.8 Å². The van der Waals surface area contributed by atoms with Crippen molar-refractivity contribution in [2.75, 3.05) is 11.6 Å². The first-order valence-electron chi connectivity index (χ1n) is 10.3. The summed E-state index contributed by atoms with van der Waals surface area (Å²) in [4.78, 5) is 20.5. The number of aromatic nitrogens is 2. The minimum atomic E-state index is -1.48. The van der Waals surface area contributed by atoms with E-state index in [0.29, 0.717) is 30.0 Å². The Hall–Kier alpha value is -2.74. The van der Waals surface area contributed by atoms with Gasteiger partial charge in [0.2, 0.25) is 0 Å². The van der Waals surface area contributed by atoms with Gasteiger partial charge in [-0.1, -0.05) is 24.3 Å². The van der Waals surface area contributed by atoms with Crippen molar-refractivity contribution in [1.82, 2.24) is 13.9 Å². The second-order valence-corrected chi connectivity index (χ2v) is 9.04. The number of carbonyl (C=O) groups excluding carboxylic acids is 1. The van der Waals surface area contributed by atoms with Crippen molar-refractivity contribution < 1.29 is 13.4 Å². The summed E-state index contributed by atoms with van der Waals surface area (Å²) in [7, 11) is -1.48. The highest BCUT2D eigenvalue weighted by Gasteiger charge is 2.44. The summed E-state index contributed by atoms with van der Waals surface area (Å²) in [5.74, 6) is 0.752. The van der Waals surface area contributed by atoms with Crippen LogP contribution in [0.25, 0.3) is 11.0 Å². The Morgan fingerprint density at radius 3 is 2.63 bits per heavy atom. The van der Waals surface area contributed by atoms with Crippen LogP contribution in [0.5, 0.6) is 0 Å². The Labute approximate surface area is 176 Å². The number of hydrogen-bond acceptors (Lipinski definition) is 3. The molecule has 1 saturated carbocycles. The van der Waals surface area contributed by atoms with Gasteiger partial charge in [-0.3, -0.25) is 9.29 Å². The number of alkyl halides is 1. The van der Waals surface area contributed by atoms with E-state index in [9.17, 15) is 13.4 Å². The molecule has 0 bridgehead atoms. The number of aryl methyl sites for hydroxylation is 1. The lowest BCUT2D eigenvalue weighted by Crippen LogP contribution is -2.49. The lowest BCUT2D eigenvalue weighted by molar-refractivity contribution is 0.227. The van der Waals surface area contributed by atoms with Crippen LogP contribution >= 0.6 is 0 Å². The molecule has 5 rings (SSSR count). The van der Waals surface area contributed by atoms with Crippen molar-refractivity contribution in [1.29, 1.82) is 0 Å². The van der Waals surface area contributed by atoms with Crippen LogP contribution in [0.15, 0.2) is 53.4 Å². The highest BCUT2D eigenvalue weighted by Crippen LogP contribution is 2.39. The molecular weight excluding hydrogens is 403 g/mol. The number of unbranched alkanes of at least 4 members (excludes halogenated alkanes) is 1. The summed E-state index contributed by atoms with van der Waals surface area (Å²) in [5, 5.41) is 0. The summed E-state index contributed by atoms with van der Waals surface area (Å²) in [6, 6.07) is 15.0. The Balaban J connectivity index is 1.55. The second kappa shape index (κ2) is 7.83. The fraction of sp³-hybridized carbons (Fsp3) is 0.364. The van der Waals surface area contributed by atoms with Crippen LogP contribution < -0.4 is 4.90 Å². The summed E-state index contributed by atoms with van der Waals surface area (Å²) in [6.45, 7) is 0.574. The second-order valence-electron chi connectivity index (χ2n) is 7.71. The van der Waals surface area contributed by atoms with Gasteiger partial charge >= 0.3 is 6.03 Å². The molecule has 1 aromatic heterocycles. The maximum Gasteiger partial charge on any atom is 0.337 e. The van der Waals surface area contributed by atoms with Crippen LogP contribution in [0.4, 0.5) is 14.9 Å². The van der Waals surface area contributed by atoms with Crippen molar-refractivity contribution in [3.63, 3.8) is 0 Å². The number of fused-ring (bicyclic) bond motifs is 2. The van der Waals surface area contributed by atoms with Crippen LogP contribution in [-0.2, 0) is 24.1 Å². The summed E-state index contributed by atoms with van der Waals surface area (Å²) in [5.41, 5.74) is 2.50. The number of carbonyl (C=O) groups is 1. The number of amides is 2. The minimum absolute atomic E-state index is 0.0394. The molecule has 6 nitrogen and oxygen atoms in total. The lowest BCUT2D eigenvalue weighted by atomic mass is 10.2. The van der Waals surface area contributed by atoms with Gasteiger partial charge in [-0.15, -0.1) is 0 Å². The molecule has 1 aliphatic carbocycles. The number of imidazole rings is 1. The molecule has 2 heterocycles. The third-order valence-electron chi connectivity index (χ3n) is 5.62. The molecule has 8 heteroatoms. The van der Waals surface area contributed by atoms with Gasteiger partial charge in [-0.25, -0.2) is 18.3 Å². The number of rotatable bonds is 7. The first-order valence-corrected chi connectivity index (χ1v) is 11.4. The van der Waals surface area contributed by atoms with Gasteiger partial charge in [0.1, 0.15) is 5.82 Å². The predicted molar refractivity (Wildman–Crippen MR) is 114 cm³/mol. The molecule has 3 aromatic rings. The van der Waals surface area contributed by atoms with Crippen LogP contribution in [0.3, 0.4) is 0 Å². The Morgan fingerprint density at radius 2 is 1.83 bits per heavy atom. The highest BCUT2D eigenvalue weighted by molar-refractivity contribution is 7.83. The van der Waals surface area contributed by atoms with E-state index >= 15 is 0 Å². The highest BCUT2D eigenvalue weighted by atomic mass is 32.2. The maximum absolute atomic E-state index is 13.3. The van der Waals surface area contributed by atoms with E-state index < -0.39 is 11.0 Å². The SMILES string of the molecule is O=C1N(Cc2nc3ccccc3n2CCCCF)c2ccccc2S(=O)N1C1CC1. The summed E-state index contributed by atoms with van der Waals surface area (Å²) < 4.78 is 29.3. The Kier molecular flexibility index (Phi) is 5.02. The van der Waals surface area contributed by atoms with E-state index in [-0.39, 0.29) is 25.3 Å². The van der Waals surface area contributed by atoms with Gasteiger partial charge in [0.25, 0.3) is 0 Å². The van der Waals surface area contributed by atoms with Crippen LogP contribution in [0.1, 0.15) is 31.5 Å². The Morgan fingerprint density at radius 1 is 1.07 bits per heavy atom. The third-order valence-corrected chi connectivity index (χ3v) is 7.15. The average Bonchev–Trinajstić information content (AvgIpc) is 3.53. The number of nitrogens with zero attached hydrogens (tertiary/aromatic N) is 4. The molecule has 0 radical (unpaired) electrons. The molecule has 0 N–H and O–H groups in total. The molecule has 1 unspecified atom stereocenters. The number of benzene rings is 2. The third kappa shape index (κ3) is 3.29. The van der Waals surface area contributed by atoms with Gasteiger partial charge in [0, 0.05) is 12.6 Å². The standard InChI is InChI=1S/C22H23FN4O2S/c23-13-5-6-14-25-18-8-2-1-7-17(18)24-21(25)15-26-19-9-3-4-10-20(19)30(29)27(22(26)28)16-11-12-16/h1-4,7-10,16H,5-6,11-15H2. The number of urea groups is 1. The van der Waals surface area contributed by atoms with Gasteiger partial charge in [0.05, 0.1) is 34.8 Å². The predicted octanol–water partition coefficient (Wildman–Crippen LogP) is 4.41. The first-order chi connectivity index (χ1) is 14.7. The fourth-order valence-corrected chi connectivity index (χ4v) is 5.47. The van der Waals surface area contributed by atoms with Gasteiger partial charge in [-0.2, -0.15) is 0 Å². The van der Waals surface area contributed by atoms with Crippen molar-refractivity contribution in [3.8, 4) is 0 Å². The molecule has 156 valence electrons. The maximum atomic E-state index is 13.3. The molecule has 1 aliphatic heterocycles. The number of halogens is 1. The Bertz CT molecular complexity index is 1130. The lowest BCUT2D eigenvalue weighted by Gasteiger charge is -2.35. The zero-order chi connectivity index (χ0) is 20.7. The number of para-hydroxylation sites is 3. The first kappa shape index (κ1) is 19.2. The molecule has 0 spiro atoms. The molecule has 1 fully saturated rings. The quantitative estimate of drug-likeness (QED) is 0.526. The average molecular weight is 427 g/mol. The minimum Gasteiger partial charge on any atom is -0.326 e. The number of anilines is 1. The summed E-state index contributed by atoms with van der Waals surface area (Å²) in [6.07, 6.45) is 2.96. The van der Waals surface area contributed by atoms with E-state index in [0.717, 1.165) is 29.7 Å². The van der Waals surface area contributed by atoms with Gasteiger partial charge in [0.15, 0.2) is 11.0 Å². The van der Waals surface area contributed by atoms with E-state index in [1.54, 1.807) is 4.90 Å². The number of hydrogen-bond donors (Lipinski definition) is 0. The van der Waals surface area contributed by atoms with E-state index in [1.165, 1.54) is 4.31 Å². The molecular formula is C22H23FN4O2S.